The first-order chi connectivity index (χ1) is 14.1. The van der Waals surface area contributed by atoms with Gasteiger partial charge in [-0.05, 0) is 24.6 Å². The van der Waals surface area contributed by atoms with Crippen LogP contribution in [0, 0.1) is 5.82 Å². The number of hydrogen-bond donors (Lipinski definition) is 1. The van der Waals surface area contributed by atoms with Crippen LogP contribution < -0.4 is 5.32 Å². The van der Waals surface area contributed by atoms with Crippen molar-refractivity contribution < 1.29 is 13.9 Å². The molecular weight excluding hydrogens is 373 g/mol. The summed E-state index contributed by atoms with van der Waals surface area (Å²) in [6, 6.07) is 6.80. The maximum absolute atomic E-state index is 13.4. The van der Waals surface area contributed by atoms with E-state index in [2.05, 4.69) is 22.0 Å². The van der Waals surface area contributed by atoms with Gasteiger partial charge in [0.2, 0.25) is 5.91 Å². The average molecular weight is 406 g/mol. The number of nitrogens with one attached hydrogen (secondary N) is 1. The molecule has 0 radical (unpaired) electrons. The average Bonchev–Trinajstić information content (AvgIpc) is 2.75. The number of nitrogens with zero attached hydrogens (tertiary/aromatic N) is 4. The maximum Gasteiger partial charge on any atom is 0.219 e. The lowest BCUT2D eigenvalue weighted by Gasteiger charge is -2.37. The number of hydrogen-bond acceptors (Lipinski definition) is 4. The van der Waals surface area contributed by atoms with Crippen LogP contribution >= 0.6 is 0 Å². The molecule has 2 aliphatic rings. The standard InChI is InChI=1S/C21H32FN5O2/c1-3-23-21(27-10-8-25(9-11-27)17(2)28)24-16-20(26-12-14-29-15-13-26)18-4-6-19(22)7-5-18/h4-7,20H,3,8-16H2,1-2H3,(H,23,24). The van der Waals surface area contributed by atoms with Gasteiger partial charge in [0.05, 0.1) is 25.8 Å². The Kier molecular flexibility index (Phi) is 7.83. The van der Waals surface area contributed by atoms with Crippen LogP contribution in [0.1, 0.15) is 25.5 Å². The highest BCUT2D eigenvalue weighted by Crippen LogP contribution is 2.23. The minimum atomic E-state index is -0.227. The summed E-state index contributed by atoms with van der Waals surface area (Å²) < 4.78 is 18.9. The van der Waals surface area contributed by atoms with Crippen molar-refractivity contribution in [1.82, 2.24) is 20.0 Å². The van der Waals surface area contributed by atoms with Gasteiger partial charge < -0.3 is 19.9 Å². The molecule has 0 saturated carbocycles. The largest absolute Gasteiger partial charge is 0.379 e. The van der Waals surface area contributed by atoms with Crippen molar-refractivity contribution in [2.75, 3.05) is 65.6 Å². The van der Waals surface area contributed by atoms with Gasteiger partial charge in [0.1, 0.15) is 5.82 Å². The number of carbonyl (C=O) groups excluding carboxylic acids is 1. The Morgan fingerprint density at radius 3 is 2.31 bits per heavy atom. The SMILES string of the molecule is CCNC(=NCC(c1ccc(F)cc1)N1CCOCC1)N1CCN(C(C)=O)CC1. The fraction of sp³-hybridized carbons (Fsp3) is 0.619. The van der Waals surface area contributed by atoms with Gasteiger partial charge in [-0.25, -0.2) is 4.39 Å². The highest BCUT2D eigenvalue weighted by atomic mass is 19.1. The van der Waals surface area contributed by atoms with Crippen LogP contribution in [0.4, 0.5) is 4.39 Å². The Hall–Kier alpha value is -2.19. The lowest BCUT2D eigenvalue weighted by molar-refractivity contribution is -0.130. The van der Waals surface area contributed by atoms with E-state index in [0.29, 0.717) is 32.8 Å². The minimum Gasteiger partial charge on any atom is -0.379 e. The monoisotopic (exact) mass is 405 g/mol. The molecule has 1 aromatic carbocycles. The van der Waals surface area contributed by atoms with E-state index in [1.54, 1.807) is 6.92 Å². The number of morpholine rings is 1. The van der Waals surface area contributed by atoms with Crippen molar-refractivity contribution >= 4 is 11.9 Å². The van der Waals surface area contributed by atoms with Crippen molar-refractivity contribution in [2.45, 2.75) is 19.9 Å². The van der Waals surface area contributed by atoms with Crippen molar-refractivity contribution in [1.29, 1.82) is 0 Å². The van der Waals surface area contributed by atoms with E-state index in [-0.39, 0.29) is 17.8 Å². The Labute approximate surface area is 172 Å². The van der Waals surface area contributed by atoms with Crippen molar-refractivity contribution in [3.8, 4) is 0 Å². The summed E-state index contributed by atoms with van der Waals surface area (Å²) in [5.41, 5.74) is 1.06. The Bertz CT molecular complexity index is 683. The number of benzene rings is 1. The third-order valence-electron chi connectivity index (χ3n) is 5.51. The maximum atomic E-state index is 13.4. The van der Waals surface area contributed by atoms with Crippen molar-refractivity contribution in [2.24, 2.45) is 4.99 Å². The predicted octanol–water partition coefficient (Wildman–Crippen LogP) is 1.33. The van der Waals surface area contributed by atoms with E-state index in [1.807, 2.05) is 17.0 Å². The summed E-state index contributed by atoms with van der Waals surface area (Å²) in [4.78, 5) is 23.0. The quantitative estimate of drug-likeness (QED) is 0.592. The second-order valence-corrected chi connectivity index (χ2v) is 7.40. The second-order valence-electron chi connectivity index (χ2n) is 7.40. The van der Waals surface area contributed by atoms with Gasteiger partial charge in [-0.15, -0.1) is 0 Å². The highest BCUT2D eigenvalue weighted by molar-refractivity contribution is 5.80. The number of guanidine groups is 1. The van der Waals surface area contributed by atoms with Gasteiger partial charge in [-0.2, -0.15) is 0 Å². The first-order valence-electron chi connectivity index (χ1n) is 10.4. The number of rotatable bonds is 5. The van der Waals surface area contributed by atoms with Crippen LogP contribution in [0.2, 0.25) is 0 Å². The summed E-state index contributed by atoms with van der Waals surface area (Å²) in [6.07, 6.45) is 0. The fourth-order valence-corrected chi connectivity index (χ4v) is 3.84. The van der Waals surface area contributed by atoms with Crippen LogP contribution in [-0.4, -0.2) is 92.1 Å². The topological polar surface area (TPSA) is 60.4 Å². The first-order valence-corrected chi connectivity index (χ1v) is 10.4. The molecule has 1 aromatic rings. The van der Waals surface area contributed by atoms with E-state index in [9.17, 15) is 9.18 Å². The summed E-state index contributed by atoms with van der Waals surface area (Å²) >= 11 is 0. The molecule has 1 N–H and O–H groups in total. The van der Waals surface area contributed by atoms with Gasteiger partial charge in [-0.1, -0.05) is 12.1 Å². The third kappa shape index (κ3) is 5.90. The molecule has 1 unspecified atom stereocenters. The summed E-state index contributed by atoms with van der Waals surface area (Å²) in [7, 11) is 0. The number of carbonyl (C=O) groups is 1. The summed E-state index contributed by atoms with van der Waals surface area (Å²) in [6.45, 7) is 11.1. The lowest BCUT2D eigenvalue weighted by atomic mass is 10.0. The van der Waals surface area contributed by atoms with Crippen LogP contribution in [0.5, 0.6) is 0 Å². The zero-order valence-corrected chi connectivity index (χ0v) is 17.4. The molecule has 0 bridgehead atoms. The van der Waals surface area contributed by atoms with Crippen molar-refractivity contribution in [3.05, 3.63) is 35.6 Å². The van der Waals surface area contributed by atoms with Gasteiger partial charge in [0.15, 0.2) is 5.96 Å². The molecule has 0 spiro atoms. The van der Waals surface area contributed by atoms with E-state index in [4.69, 9.17) is 9.73 Å². The van der Waals surface area contributed by atoms with Crippen LogP contribution in [0.3, 0.4) is 0 Å². The number of halogens is 1. The molecule has 2 saturated heterocycles. The van der Waals surface area contributed by atoms with Crippen LogP contribution in [0.15, 0.2) is 29.3 Å². The number of amides is 1. The van der Waals surface area contributed by atoms with Gasteiger partial charge >= 0.3 is 0 Å². The molecule has 3 rings (SSSR count). The molecule has 1 atom stereocenters. The minimum absolute atomic E-state index is 0.0756. The molecular formula is C21H32FN5O2. The van der Waals surface area contributed by atoms with E-state index >= 15 is 0 Å². The summed E-state index contributed by atoms with van der Waals surface area (Å²) in [5.74, 6) is 0.765. The molecule has 29 heavy (non-hydrogen) atoms. The molecule has 160 valence electrons. The zero-order chi connectivity index (χ0) is 20.6. The van der Waals surface area contributed by atoms with Crippen LogP contribution in [-0.2, 0) is 9.53 Å². The lowest BCUT2D eigenvalue weighted by Crippen LogP contribution is -2.53. The number of aliphatic imine (C=N–C) groups is 1. The molecule has 7 nitrogen and oxygen atoms in total. The Balaban J connectivity index is 1.74. The van der Waals surface area contributed by atoms with E-state index < -0.39 is 0 Å². The van der Waals surface area contributed by atoms with Gasteiger partial charge in [-0.3, -0.25) is 14.7 Å². The van der Waals surface area contributed by atoms with Crippen LogP contribution in [0.25, 0.3) is 0 Å². The molecule has 0 aliphatic carbocycles. The zero-order valence-electron chi connectivity index (χ0n) is 17.4. The first kappa shape index (κ1) is 21.5. The fourth-order valence-electron chi connectivity index (χ4n) is 3.84. The smallest absolute Gasteiger partial charge is 0.219 e. The molecule has 8 heteroatoms. The van der Waals surface area contributed by atoms with Crippen molar-refractivity contribution in [3.63, 3.8) is 0 Å². The van der Waals surface area contributed by atoms with Gasteiger partial charge in [0.25, 0.3) is 0 Å². The normalized spacial score (nSPS) is 19.9. The number of ether oxygens (including phenoxy) is 1. The Morgan fingerprint density at radius 2 is 1.72 bits per heavy atom. The molecule has 2 heterocycles. The highest BCUT2D eigenvalue weighted by Gasteiger charge is 2.24. The van der Waals surface area contributed by atoms with E-state index in [0.717, 1.165) is 44.2 Å². The predicted molar refractivity (Wildman–Crippen MR) is 111 cm³/mol. The molecule has 2 aliphatic heterocycles. The molecule has 0 aromatic heterocycles. The van der Waals surface area contributed by atoms with Gasteiger partial charge in [0, 0.05) is 52.7 Å². The Morgan fingerprint density at radius 1 is 1.10 bits per heavy atom. The third-order valence-corrected chi connectivity index (χ3v) is 5.51. The number of piperazine rings is 1. The molecule has 2 fully saturated rings. The molecule has 1 amide bonds. The summed E-state index contributed by atoms with van der Waals surface area (Å²) in [5, 5.41) is 3.38. The second kappa shape index (κ2) is 10.5. The van der Waals surface area contributed by atoms with E-state index in [1.165, 1.54) is 12.1 Å².